The van der Waals surface area contributed by atoms with E-state index in [1.54, 1.807) is 0 Å². The third kappa shape index (κ3) is 4.37. The van der Waals surface area contributed by atoms with E-state index in [2.05, 4.69) is 19.2 Å². The molecule has 0 aliphatic rings. The Hall–Kier alpha value is -0.520. The van der Waals surface area contributed by atoms with Crippen molar-refractivity contribution >= 4 is 0 Å². The zero-order valence-corrected chi connectivity index (χ0v) is 6.82. The lowest BCUT2D eigenvalue weighted by Gasteiger charge is -1.99. The molecule has 58 valence electrons. The third-order valence-corrected chi connectivity index (χ3v) is 1.53. The Morgan fingerprint density at radius 2 is 2.20 bits per heavy atom. The van der Waals surface area contributed by atoms with Crippen LogP contribution in [0.5, 0.6) is 0 Å². The summed E-state index contributed by atoms with van der Waals surface area (Å²) in [5, 5.41) is 0. The standard InChI is InChI=1S/C9H17N/c1-3-5-6-9(4-2)7-8-10/h2-3,5-8,10H2,1H3. The van der Waals surface area contributed by atoms with Crippen molar-refractivity contribution in [3.63, 3.8) is 0 Å². The van der Waals surface area contributed by atoms with Crippen LogP contribution in [0.25, 0.3) is 0 Å². The molecular weight excluding hydrogens is 122 g/mol. The van der Waals surface area contributed by atoms with Crippen LogP contribution in [-0.2, 0) is 0 Å². The van der Waals surface area contributed by atoms with Gasteiger partial charge in [0.15, 0.2) is 0 Å². The molecule has 0 atom stereocenters. The molecule has 10 heavy (non-hydrogen) atoms. The minimum Gasteiger partial charge on any atom is -0.330 e. The van der Waals surface area contributed by atoms with Crippen LogP contribution in [0.2, 0.25) is 0 Å². The SMILES string of the molecule is C=C=C(CCN)CCCC. The van der Waals surface area contributed by atoms with Crippen molar-refractivity contribution < 1.29 is 0 Å². The molecule has 0 rings (SSSR count). The lowest BCUT2D eigenvalue weighted by atomic mass is 10.1. The van der Waals surface area contributed by atoms with Gasteiger partial charge in [-0.15, -0.1) is 5.73 Å². The first-order chi connectivity index (χ1) is 4.85. The Labute approximate surface area is 63.6 Å². The summed E-state index contributed by atoms with van der Waals surface area (Å²) in [5.41, 5.74) is 9.59. The van der Waals surface area contributed by atoms with E-state index >= 15 is 0 Å². The second-order valence-electron chi connectivity index (χ2n) is 2.42. The van der Waals surface area contributed by atoms with Gasteiger partial charge in [-0.05, 0) is 31.4 Å². The summed E-state index contributed by atoms with van der Waals surface area (Å²) in [7, 11) is 0. The second kappa shape index (κ2) is 6.60. The van der Waals surface area contributed by atoms with Gasteiger partial charge in [-0.25, -0.2) is 0 Å². The highest BCUT2D eigenvalue weighted by Crippen LogP contribution is 2.08. The summed E-state index contributed by atoms with van der Waals surface area (Å²) < 4.78 is 0. The predicted octanol–water partition coefficient (Wildman–Crippen LogP) is 2.24. The number of hydrogen-bond acceptors (Lipinski definition) is 1. The summed E-state index contributed by atoms with van der Waals surface area (Å²) in [4.78, 5) is 0. The van der Waals surface area contributed by atoms with Crippen molar-refractivity contribution in [3.8, 4) is 0 Å². The molecule has 0 unspecified atom stereocenters. The quantitative estimate of drug-likeness (QED) is 0.581. The molecule has 0 fully saturated rings. The zero-order valence-electron chi connectivity index (χ0n) is 6.82. The maximum Gasteiger partial charge on any atom is -0.00338 e. The molecule has 1 heteroatoms. The van der Waals surface area contributed by atoms with Gasteiger partial charge in [0.2, 0.25) is 0 Å². The molecule has 1 nitrogen and oxygen atoms in total. The van der Waals surface area contributed by atoms with Crippen LogP contribution in [0, 0.1) is 0 Å². The molecule has 0 spiro atoms. The summed E-state index contributed by atoms with van der Waals surface area (Å²) in [6.45, 7) is 6.52. The van der Waals surface area contributed by atoms with Gasteiger partial charge in [0.05, 0.1) is 0 Å². The Kier molecular flexibility index (Phi) is 6.25. The fourth-order valence-corrected chi connectivity index (χ4v) is 0.866. The lowest BCUT2D eigenvalue weighted by Crippen LogP contribution is -1.99. The first-order valence-electron chi connectivity index (χ1n) is 3.93. The normalized spacial score (nSPS) is 9.00. The zero-order chi connectivity index (χ0) is 7.82. The second-order valence-corrected chi connectivity index (χ2v) is 2.42. The smallest absolute Gasteiger partial charge is 0.00338 e. The summed E-state index contributed by atoms with van der Waals surface area (Å²) >= 11 is 0. The molecule has 0 amide bonds. The highest BCUT2D eigenvalue weighted by Gasteiger charge is 1.92. The first-order valence-corrected chi connectivity index (χ1v) is 3.93. The van der Waals surface area contributed by atoms with Gasteiger partial charge in [-0.2, -0.15) is 0 Å². The van der Waals surface area contributed by atoms with Crippen molar-refractivity contribution in [1.82, 2.24) is 0 Å². The van der Waals surface area contributed by atoms with Crippen molar-refractivity contribution in [3.05, 3.63) is 17.9 Å². The molecule has 0 saturated carbocycles. The molecule has 0 aliphatic heterocycles. The van der Waals surface area contributed by atoms with Gasteiger partial charge in [-0.1, -0.05) is 19.9 Å². The third-order valence-electron chi connectivity index (χ3n) is 1.53. The van der Waals surface area contributed by atoms with Gasteiger partial charge < -0.3 is 5.73 Å². The van der Waals surface area contributed by atoms with Gasteiger partial charge in [-0.3, -0.25) is 0 Å². The highest BCUT2D eigenvalue weighted by molar-refractivity contribution is 4.98. The average Bonchev–Trinajstić information content (AvgIpc) is 1.98. The van der Waals surface area contributed by atoms with Crippen LogP contribution in [0.15, 0.2) is 17.9 Å². The van der Waals surface area contributed by atoms with E-state index in [0.29, 0.717) is 0 Å². The molecule has 0 bridgehead atoms. The Morgan fingerprint density at radius 1 is 1.50 bits per heavy atom. The molecule has 0 aromatic heterocycles. The van der Waals surface area contributed by atoms with Crippen LogP contribution in [0.3, 0.4) is 0 Å². The number of rotatable bonds is 5. The van der Waals surface area contributed by atoms with E-state index in [-0.39, 0.29) is 0 Å². The van der Waals surface area contributed by atoms with Gasteiger partial charge >= 0.3 is 0 Å². The molecule has 0 saturated heterocycles. The van der Waals surface area contributed by atoms with E-state index in [9.17, 15) is 0 Å². The summed E-state index contributed by atoms with van der Waals surface area (Å²) in [5.74, 6) is 0. The van der Waals surface area contributed by atoms with Gasteiger partial charge in [0.1, 0.15) is 0 Å². The number of nitrogens with two attached hydrogens (primary N) is 1. The molecular formula is C9H17N. The first kappa shape index (κ1) is 9.48. The fraction of sp³-hybridized carbons (Fsp3) is 0.667. The number of unbranched alkanes of at least 4 members (excludes halogenated alkanes) is 1. The molecule has 2 N–H and O–H groups in total. The molecule has 0 heterocycles. The van der Waals surface area contributed by atoms with Crippen molar-refractivity contribution in [1.29, 1.82) is 0 Å². The Bertz CT molecular complexity index is 121. The fourth-order valence-electron chi connectivity index (χ4n) is 0.866. The predicted molar refractivity (Wildman–Crippen MR) is 45.8 cm³/mol. The largest absolute Gasteiger partial charge is 0.330 e. The Balaban J connectivity index is 3.52. The van der Waals surface area contributed by atoms with Crippen LogP contribution >= 0.6 is 0 Å². The molecule has 0 aliphatic carbocycles. The van der Waals surface area contributed by atoms with Crippen molar-refractivity contribution in [2.45, 2.75) is 32.6 Å². The topological polar surface area (TPSA) is 26.0 Å². The molecule has 0 aromatic carbocycles. The van der Waals surface area contributed by atoms with Crippen LogP contribution in [0.1, 0.15) is 32.6 Å². The molecule has 0 radical (unpaired) electrons. The van der Waals surface area contributed by atoms with E-state index in [0.717, 1.165) is 19.4 Å². The van der Waals surface area contributed by atoms with Crippen LogP contribution < -0.4 is 5.73 Å². The number of hydrogen-bond donors (Lipinski definition) is 1. The maximum atomic E-state index is 5.39. The maximum absolute atomic E-state index is 5.39. The highest BCUT2D eigenvalue weighted by atomic mass is 14.5. The Morgan fingerprint density at radius 3 is 2.60 bits per heavy atom. The average molecular weight is 139 g/mol. The van der Waals surface area contributed by atoms with Gasteiger partial charge in [0, 0.05) is 0 Å². The van der Waals surface area contributed by atoms with Gasteiger partial charge in [0.25, 0.3) is 0 Å². The summed E-state index contributed by atoms with van der Waals surface area (Å²) in [6, 6.07) is 0. The van der Waals surface area contributed by atoms with E-state index < -0.39 is 0 Å². The van der Waals surface area contributed by atoms with Crippen molar-refractivity contribution in [2.24, 2.45) is 5.73 Å². The van der Waals surface area contributed by atoms with Crippen molar-refractivity contribution in [2.75, 3.05) is 6.54 Å². The minimum absolute atomic E-state index is 0.724. The lowest BCUT2D eigenvalue weighted by molar-refractivity contribution is 0.755. The van der Waals surface area contributed by atoms with Crippen LogP contribution in [0.4, 0.5) is 0 Å². The molecule has 0 aromatic rings. The summed E-state index contributed by atoms with van der Waals surface area (Å²) in [6.07, 6.45) is 4.55. The monoisotopic (exact) mass is 139 g/mol. The minimum atomic E-state index is 0.724. The van der Waals surface area contributed by atoms with E-state index in [1.165, 1.54) is 18.4 Å². The van der Waals surface area contributed by atoms with E-state index in [1.807, 2.05) is 0 Å². The van der Waals surface area contributed by atoms with E-state index in [4.69, 9.17) is 5.73 Å². The van der Waals surface area contributed by atoms with Crippen LogP contribution in [-0.4, -0.2) is 6.54 Å².